The first kappa shape index (κ1) is 17.0. The van der Waals surface area contributed by atoms with Crippen molar-refractivity contribution < 1.29 is 22.8 Å². The summed E-state index contributed by atoms with van der Waals surface area (Å²) >= 11 is 0. The average molecular weight is 302 g/mol. The molecule has 116 valence electrons. The summed E-state index contributed by atoms with van der Waals surface area (Å²) in [6.45, 7) is 4.07. The Kier molecular flexibility index (Phi) is 5.75. The number of alkyl halides is 3. The first-order valence-corrected chi connectivity index (χ1v) is 6.52. The summed E-state index contributed by atoms with van der Waals surface area (Å²) in [5.41, 5.74) is -0.694. The Morgan fingerprint density at radius 3 is 2.14 bits per heavy atom. The minimum absolute atomic E-state index is 0.120. The fraction of sp³-hybridized carbons (Fsp3) is 0.429. The quantitative estimate of drug-likeness (QED) is 0.907. The molecule has 0 aliphatic heterocycles. The fourth-order valence-electron chi connectivity index (χ4n) is 1.74. The maximum absolute atomic E-state index is 12.5. The number of benzene rings is 1. The molecule has 0 aliphatic rings. The monoisotopic (exact) mass is 302 g/mol. The number of rotatable bonds is 5. The second-order valence-corrected chi connectivity index (χ2v) is 4.35. The van der Waals surface area contributed by atoms with Crippen molar-refractivity contribution in [2.45, 2.75) is 20.0 Å². The van der Waals surface area contributed by atoms with Gasteiger partial charge in [0.15, 0.2) is 0 Å². The Balaban J connectivity index is 2.83. The van der Waals surface area contributed by atoms with Crippen LogP contribution in [0, 0.1) is 0 Å². The number of likely N-dealkylation sites (N-methyl/N-ethyl adjacent to an activating group) is 2. The van der Waals surface area contributed by atoms with Gasteiger partial charge in [-0.05, 0) is 38.1 Å². The van der Waals surface area contributed by atoms with Gasteiger partial charge in [0, 0.05) is 18.7 Å². The van der Waals surface area contributed by atoms with Crippen LogP contribution in [0.5, 0.6) is 0 Å². The number of hydrogen-bond acceptors (Lipinski definition) is 2. The van der Waals surface area contributed by atoms with Gasteiger partial charge in [0.2, 0.25) is 5.91 Å². The zero-order valence-electron chi connectivity index (χ0n) is 11.8. The van der Waals surface area contributed by atoms with E-state index < -0.39 is 17.6 Å². The molecule has 1 aromatic rings. The van der Waals surface area contributed by atoms with Gasteiger partial charge in [-0.15, -0.1) is 0 Å². The van der Waals surface area contributed by atoms with E-state index in [0.717, 1.165) is 24.3 Å². The molecule has 1 N–H and O–H groups in total. The number of nitrogens with zero attached hydrogens (tertiary/aromatic N) is 1. The second kappa shape index (κ2) is 7.10. The van der Waals surface area contributed by atoms with Crippen molar-refractivity contribution in [1.29, 1.82) is 0 Å². The highest BCUT2D eigenvalue weighted by Crippen LogP contribution is 2.29. The van der Waals surface area contributed by atoms with Gasteiger partial charge >= 0.3 is 6.18 Å². The van der Waals surface area contributed by atoms with Crippen molar-refractivity contribution in [3.05, 3.63) is 35.4 Å². The van der Waals surface area contributed by atoms with Crippen LogP contribution in [-0.4, -0.2) is 36.3 Å². The number of halogens is 3. The third kappa shape index (κ3) is 4.77. The number of nitrogens with one attached hydrogen (secondary N) is 1. The maximum atomic E-state index is 12.5. The van der Waals surface area contributed by atoms with Crippen LogP contribution < -0.4 is 5.32 Å². The zero-order chi connectivity index (χ0) is 16.0. The molecule has 7 heteroatoms. The lowest BCUT2D eigenvalue weighted by Gasteiger charge is -2.20. The van der Waals surface area contributed by atoms with Gasteiger partial charge in [0.05, 0.1) is 12.1 Å². The topological polar surface area (TPSA) is 49.4 Å². The number of amides is 2. The van der Waals surface area contributed by atoms with Crippen LogP contribution in [0.1, 0.15) is 29.8 Å². The highest BCUT2D eigenvalue weighted by molar-refractivity contribution is 5.96. The van der Waals surface area contributed by atoms with Crippen molar-refractivity contribution in [3.8, 4) is 0 Å². The molecule has 21 heavy (non-hydrogen) atoms. The Hall–Kier alpha value is -2.05. The summed E-state index contributed by atoms with van der Waals surface area (Å²) in [6.07, 6.45) is -4.44. The van der Waals surface area contributed by atoms with Gasteiger partial charge in [-0.25, -0.2) is 0 Å². The van der Waals surface area contributed by atoms with Gasteiger partial charge in [-0.1, -0.05) is 0 Å². The van der Waals surface area contributed by atoms with Crippen molar-refractivity contribution in [2.24, 2.45) is 0 Å². The molecular formula is C14H17F3N2O2. The molecule has 0 aromatic heterocycles. The molecule has 0 heterocycles. The lowest BCUT2D eigenvalue weighted by Crippen LogP contribution is -2.40. The number of carbonyl (C=O) groups excluding carboxylic acids is 2. The standard InChI is InChI=1S/C14H17F3N2O2/c1-3-18-12(20)9-19(4-2)13(21)10-5-7-11(8-6-10)14(15,16)17/h5-8H,3-4,9H2,1-2H3,(H,18,20). The van der Waals surface area contributed by atoms with Gasteiger partial charge in [-0.3, -0.25) is 9.59 Å². The van der Waals surface area contributed by atoms with E-state index in [-0.39, 0.29) is 24.6 Å². The zero-order valence-corrected chi connectivity index (χ0v) is 11.8. The summed E-state index contributed by atoms with van der Waals surface area (Å²) in [7, 11) is 0. The molecule has 0 aliphatic carbocycles. The molecule has 0 spiro atoms. The summed E-state index contributed by atoms with van der Waals surface area (Å²) in [6, 6.07) is 3.94. The number of hydrogen-bond donors (Lipinski definition) is 1. The lowest BCUT2D eigenvalue weighted by atomic mass is 10.1. The summed E-state index contributed by atoms with van der Waals surface area (Å²) in [4.78, 5) is 24.9. The largest absolute Gasteiger partial charge is 0.416 e. The van der Waals surface area contributed by atoms with E-state index in [1.54, 1.807) is 13.8 Å². The van der Waals surface area contributed by atoms with Gasteiger partial charge in [0.25, 0.3) is 5.91 Å². The molecule has 1 aromatic carbocycles. The summed E-state index contributed by atoms with van der Waals surface area (Å²) in [5, 5.41) is 2.56. The highest BCUT2D eigenvalue weighted by Gasteiger charge is 2.30. The summed E-state index contributed by atoms with van der Waals surface area (Å²) in [5.74, 6) is -0.780. The van der Waals surface area contributed by atoms with Gasteiger partial charge in [0.1, 0.15) is 0 Å². The van der Waals surface area contributed by atoms with E-state index in [9.17, 15) is 22.8 Å². The lowest BCUT2D eigenvalue weighted by molar-refractivity contribution is -0.137. The Morgan fingerprint density at radius 2 is 1.71 bits per heavy atom. The molecule has 0 unspecified atom stereocenters. The second-order valence-electron chi connectivity index (χ2n) is 4.35. The van der Waals surface area contributed by atoms with E-state index in [1.165, 1.54) is 4.90 Å². The van der Waals surface area contributed by atoms with E-state index in [2.05, 4.69) is 5.32 Å². The smallest absolute Gasteiger partial charge is 0.355 e. The Labute approximate surface area is 120 Å². The Bertz CT molecular complexity index is 498. The van der Waals surface area contributed by atoms with Crippen molar-refractivity contribution in [3.63, 3.8) is 0 Å². The van der Waals surface area contributed by atoms with Crippen LogP contribution >= 0.6 is 0 Å². The van der Waals surface area contributed by atoms with Gasteiger partial charge < -0.3 is 10.2 Å². The van der Waals surface area contributed by atoms with Crippen molar-refractivity contribution >= 4 is 11.8 Å². The van der Waals surface area contributed by atoms with Gasteiger partial charge in [-0.2, -0.15) is 13.2 Å². The minimum atomic E-state index is -4.44. The first-order valence-electron chi connectivity index (χ1n) is 6.52. The highest BCUT2D eigenvalue weighted by atomic mass is 19.4. The maximum Gasteiger partial charge on any atom is 0.416 e. The third-order valence-electron chi connectivity index (χ3n) is 2.84. The van der Waals surface area contributed by atoms with Crippen molar-refractivity contribution in [2.75, 3.05) is 19.6 Å². The summed E-state index contributed by atoms with van der Waals surface area (Å²) < 4.78 is 37.4. The molecule has 0 atom stereocenters. The number of carbonyl (C=O) groups is 2. The van der Waals surface area contributed by atoms with Crippen LogP contribution in [0.15, 0.2) is 24.3 Å². The van der Waals surface area contributed by atoms with Crippen LogP contribution in [0.25, 0.3) is 0 Å². The van der Waals surface area contributed by atoms with Crippen LogP contribution in [0.2, 0.25) is 0 Å². The van der Waals surface area contributed by atoms with Crippen LogP contribution in [0.3, 0.4) is 0 Å². The van der Waals surface area contributed by atoms with Crippen LogP contribution in [0.4, 0.5) is 13.2 Å². The molecule has 1 rings (SSSR count). The molecule has 2 amide bonds. The van der Waals surface area contributed by atoms with E-state index in [1.807, 2.05) is 0 Å². The molecule has 0 bridgehead atoms. The van der Waals surface area contributed by atoms with E-state index in [0.29, 0.717) is 6.54 Å². The molecule has 0 fully saturated rings. The SMILES string of the molecule is CCNC(=O)CN(CC)C(=O)c1ccc(C(F)(F)F)cc1. The Morgan fingerprint density at radius 1 is 1.14 bits per heavy atom. The molecular weight excluding hydrogens is 285 g/mol. The molecule has 0 saturated carbocycles. The molecule has 0 saturated heterocycles. The van der Waals surface area contributed by atoms with E-state index in [4.69, 9.17) is 0 Å². The fourth-order valence-corrected chi connectivity index (χ4v) is 1.74. The van der Waals surface area contributed by atoms with Crippen LogP contribution in [-0.2, 0) is 11.0 Å². The third-order valence-corrected chi connectivity index (χ3v) is 2.84. The minimum Gasteiger partial charge on any atom is -0.355 e. The molecule has 4 nitrogen and oxygen atoms in total. The molecule has 0 radical (unpaired) electrons. The first-order chi connectivity index (χ1) is 9.79. The van der Waals surface area contributed by atoms with Crippen molar-refractivity contribution in [1.82, 2.24) is 10.2 Å². The predicted molar refractivity (Wildman–Crippen MR) is 71.7 cm³/mol. The normalized spacial score (nSPS) is 11.1. The van der Waals surface area contributed by atoms with E-state index >= 15 is 0 Å². The average Bonchev–Trinajstić information content (AvgIpc) is 2.43. The predicted octanol–water partition coefficient (Wildman–Crippen LogP) is 2.30.